The van der Waals surface area contributed by atoms with Gasteiger partial charge in [-0.25, -0.2) is 4.98 Å². The van der Waals surface area contributed by atoms with Crippen LogP contribution in [0.3, 0.4) is 0 Å². The quantitative estimate of drug-likeness (QED) is 0.606. The van der Waals surface area contributed by atoms with Gasteiger partial charge >= 0.3 is 0 Å². The van der Waals surface area contributed by atoms with Crippen molar-refractivity contribution in [1.82, 2.24) is 9.38 Å². The van der Waals surface area contributed by atoms with E-state index in [4.69, 9.17) is 4.74 Å². The molecular weight excluding hydrogens is 164 g/mol. The molecule has 64 valence electrons. The number of fused-ring (bicyclic) bond motifs is 3. The highest BCUT2D eigenvalue weighted by Gasteiger charge is 2.11. The van der Waals surface area contributed by atoms with Crippen LogP contribution < -0.4 is 0 Å². The minimum atomic E-state index is 0.608. The predicted molar refractivity (Wildman–Crippen MR) is 49.0 cm³/mol. The summed E-state index contributed by atoms with van der Waals surface area (Å²) < 4.78 is 7.28. The molecule has 0 saturated carbocycles. The van der Waals surface area contributed by atoms with E-state index in [-0.39, 0.29) is 0 Å². The van der Waals surface area contributed by atoms with Gasteiger partial charge in [0.25, 0.3) is 0 Å². The van der Waals surface area contributed by atoms with E-state index in [2.05, 4.69) is 9.38 Å². The molecule has 0 N–H and O–H groups in total. The standard InChI is InChI=1S/C10H8N2O/c1-2-5-12-9-7-13-6-4-8(9)11-10(12)3-1/h1-6H,7H2. The van der Waals surface area contributed by atoms with Crippen LogP contribution >= 0.6 is 0 Å². The maximum atomic E-state index is 5.22. The van der Waals surface area contributed by atoms with Crippen LogP contribution in [-0.2, 0) is 11.3 Å². The van der Waals surface area contributed by atoms with Crippen LogP contribution in [0.15, 0.2) is 30.7 Å². The zero-order valence-corrected chi connectivity index (χ0v) is 6.97. The Kier molecular flexibility index (Phi) is 1.22. The van der Waals surface area contributed by atoms with Crippen LogP contribution in [0.1, 0.15) is 11.4 Å². The molecule has 3 nitrogen and oxygen atoms in total. The summed E-state index contributed by atoms with van der Waals surface area (Å²) in [4.78, 5) is 4.45. The third kappa shape index (κ3) is 0.869. The fourth-order valence-electron chi connectivity index (χ4n) is 1.58. The first-order chi connectivity index (χ1) is 6.45. The molecule has 0 bridgehead atoms. The van der Waals surface area contributed by atoms with E-state index in [1.54, 1.807) is 6.26 Å². The van der Waals surface area contributed by atoms with Gasteiger partial charge in [-0.05, 0) is 12.1 Å². The Balaban J connectivity index is 2.41. The number of hydrogen-bond donors (Lipinski definition) is 0. The van der Waals surface area contributed by atoms with Gasteiger partial charge in [-0.1, -0.05) is 6.07 Å². The number of imidazole rings is 1. The third-order valence-electron chi connectivity index (χ3n) is 2.20. The van der Waals surface area contributed by atoms with Crippen molar-refractivity contribution in [3.63, 3.8) is 0 Å². The number of rotatable bonds is 0. The molecule has 1 aliphatic heterocycles. The summed E-state index contributed by atoms with van der Waals surface area (Å²) in [6, 6.07) is 5.97. The zero-order chi connectivity index (χ0) is 8.67. The maximum absolute atomic E-state index is 5.22. The highest BCUT2D eigenvalue weighted by molar-refractivity contribution is 5.55. The van der Waals surface area contributed by atoms with Crippen molar-refractivity contribution in [3.05, 3.63) is 42.0 Å². The van der Waals surface area contributed by atoms with Crippen LogP contribution in [0.25, 0.3) is 11.7 Å². The third-order valence-corrected chi connectivity index (χ3v) is 2.20. The average molecular weight is 172 g/mol. The Labute approximate surface area is 75.3 Å². The lowest BCUT2D eigenvalue weighted by atomic mass is 10.3. The smallest absolute Gasteiger partial charge is 0.137 e. The molecule has 0 aliphatic carbocycles. The van der Waals surface area contributed by atoms with E-state index in [9.17, 15) is 0 Å². The Morgan fingerprint density at radius 3 is 3.38 bits per heavy atom. The topological polar surface area (TPSA) is 26.5 Å². The van der Waals surface area contributed by atoms with E-state index in [0.717, 1.165) is 17.0 Å². The molecule has 13 heavy (non-hydrogen) atoms. The van der Waals surface area contributed by atoms with Gasteiger partial charge in [0.05, 0.1) is 17.6 Å². The first-order valence-corrected chi connectivity index (χ1v) is 4.19. The SMILES string of the molecule is C1=Cc2nc3ccccn3c2CO1. The van der Waals surface area contributed by atoms with E-state index >= 15 is 0 Å². The molecule has 3 heterocycles. The number of pyridine rings is 1. The molecule has 0 fully saturated rings. The van der Waals surface area contributed by atoms with Crippen molar-refractivity contribution in [2.24, 2.45) is 0 Å². The Morgan fingerprint density at radius 1 is 1.38 bits per heavy atom. The van der Waals surface area contributed by atoms with Crippen LogP contribution in [0, 0.1) is 0 Å². The van der Waals surface area contributed by atoms with Gasteiger partial charge in [0, 0.05) is 12.3 Å². The van der Waals surface area contributed by atoms with Gasteiger partial charge in [-0.15, -0.1) is 0 Å². The Morgan fingerprint density at radius 2 is 2.38 bits per heavy atom. The molecule has 0 radical (unpaired) electrons. The molecule has 0 spiro atoms. The second-order valence-electron chi connectivity index (χ2n) is 2.99. The predicted octanol–water partition coefficient (Wildman–Crippen LogP) is 1.84. The first kappa shape index (κ1) is 6.71. The molecule has 3 rings (SSSR count). The second kappa shape index (κ2) is 2.36. The minimum Gasteiger partial charge on any atom is -0.495 e. The molecule has 1 aliphatic rings. The molecule has 3 heteroatoms. The van der Waals surface area contributed by atoms with Gasteiger partial charge in [-0.3, -0.25) is 4.40 Å². The maximum Gasteiger partial charge on any atom is 0.137 e. The van der Waals surface area contributed by atoms with Crippen LogP contribution in [0.2, 0.25) is 0 Å². The van der Waals surface area contributed by atoms with Gasteiger partial charge in [0.2, 0.25) is 0 Å². The highest BCUT2D eigenvalue weighted by Crippen LogP contribution is 2.18. The molecule has 0 saturated heterocycles. The largest absolute Gasteiger partial charge is 0.495 e. The van der Waals surface area contributed by atoms with E-state index < -0.39 is 0 Å². The van der Waals surface area contributed by atoms with Gasteiger partial charge in [0.15, 0.2) is 0 Å². The minimum absolute atomic E-state index is 0.608. The zero-order valence-electron chi connectivity index (χ0n) is 6.97. The Hall–Kier alpha value is -1.77. The summed E-state index contributed by atoms with van der Waals surface area (Å²) in [5, 5.41) is 0. The molecule has 0 atom stereocenters. The Bertz CT molecular complexity index is 485. The fraction of sp³-hybridized carbons (Fsp3) is 0.100. The van der Waals surface area contributed by atoms with Crippen molar-refractivity contribution >= 4 is 11.7 Å². The molecule has 0 amide bonds. The lowest BCUT2D eigenvalue weighted by Crippen LogP contribution is -1.98. The highest BCUT2D eigenvalue weighted by atomic mass is 16.5. The monoisotopic (exact) mass is 172 g/mol. The summed E-state index contributed by atoms with van der Waals surface area (Å²) in [6.07, 6.45) is 5.59. The average Bonchev–Trinajstić information content (AvgIpc) is 2.56. The number of aromatic nitrogens is 2. The molecule has 0 aromatic carbocycles. The van der Waals surface area contributed by atoms with Crippen molar-refractivity contribution < 1.29 is 4.74 Å². The molecule has 2 aromatic rings. The van der Waals surface area contributed by atoms with Crippen molar-refractivity contribution in [2.45, 2.75) is 6.61 Å². The summed E-state index contributed by atoms with van der Waals surface area (Å²) in [6.45, 7) is 0.608. The number of nitrogens with zero attached hydrogens (tertiary/aromatic N) is 2. The molecule has 0 unspecified atom stereocenters. The van der Waals surface area contributed by atoms with Crippen molar-refractivity contribution in [3.8, 4) is 0 Å². The van der Waals surface area contributed by atoms with Gasteiger partial charge in [0.1, 0.15) is 12.3 Å². The van der Waals surface area contributed by atoms with Crippen LogP contribution in [0.5, 0.6) is 0 Å². The van der Waals surface area contributed by atoms with Gasteiger partial charge < -0.3 is 4.74 Å². The van der Waals surface area contributed by atoms with E-state index in [0.29, 0.717) is 6.61 Å². The van der Waals surface area contributed by atoms with Crippen molar-refractivity contribution in [1.29, 1.82) is 0 Å². The van der Waals surface area contributed by atoms with Crippen LogP contribution in [0.4, 0.5) is 0 Å². The lowest BCUT2D eigenvalue weighted by Gasteiger charge is -2.06. The molecular formula is C10H8N2O. The summed E-state index contributed by atoms with van der Waals surface area (Å²) in [7, 11) is 0. The van der Waals surface area contributed by atoms with Crippen molar-refractivity contribution in [2.75, 3.05) is 0 Å². The summed E-state index contributed by atoms with van der Waals surface area (Å²) in [5.41, 5.74) is 3.11. The molecule has 2 aromatic heterocycles. The summed E-state index contributed by atoms with van der Waals surface area (Å²) >= 11 is 0. The fourth-order valence-corrected chi connectivity index (χ4v) is 1.58. The number of ether oxygens (including phenoxy) is 1. The lowest BCUT2D eigenvalue weighted by molar-refractivity contribution is 0.229. The summed E-state index contributed by atoms with van der Waals surface area (Å²) in [5.74, 6) is 0. The van der Waals surface area contributed by atoms with E-state index in [1.807, 2.05) is 30.5 Å². The van der Waals surface area contributed by atoms with Crippen LogP contribution in [-0.4, -0.2) is 9.38 Å². The normalized spacial score (nSPS) is 14.2. The second-order valence-corrected chi connectivity index (χ2v) is 2.99. The number of hydrogen-bond acceptors (Lipinski definition) is 2. The first-order valence-electron chi connectivity index (χ1n) is 4.19. The van der Waals surface area contributed by atoms with E-state index in [1.165, 1.54) is 0 Å². The van der Waals surface area contributed by atoms with Gasteiger partial charge in [-0.2, -0.15) is 0 Å².